The molecule has 0 spiro atoms. The largest absolute Gasteiger partial charge is 0.348 e. The molecule has 1 rings (SSSR count). The molecule has 1 fully saturated rings. The van der Waals surface area contributed by atoms with E-state index in [9.17, 15) is 0 Å². The molecular formula is C19H38O2. The Morgan fingerprint density at radius 2 is 1.24 bits per heavy atom. The van der Waals surface area contributed by atoms with Crippen molar-refractivity contribution >= 4 is 0 Å². The fourth-order valence-electron chi connectivity index (χ4n) is 3.12. The average Bonchev–Trinajstić information content (AvgIpc) is 2.79. The molecule has 126 valence electrons. The first-order valence-corrected chi connectivity index (χ1v) is 9.46. The fourth-order valence-corrected chi connectivity index (χ4v) is 3.12. The maximum Gasteiger partial charge on any atom is 0.163 e. The predicted molar refractivity (Wildman–Crippen MR) is 90.6 cm³/mol. The first-order valence-electron chi connectivity index (χ1n) is 9.46. The number of rotatable bonds is 13. The van der Waals surface area contributed by atoms with Crippen LogP contribution in [0.15, 0.2) is 0 Å². The minimum Gasteiger partial charge on any atom is -0.348 e. The summed E-state index contributed by atoms with van der Waals surface area (Å²) in [5, 5.41) is 0. The molecule has 2 nitrogen and oxygen atoms in total. The lowest BCUT2D eigenvalue weighted by atomic mass is 10.0. The smallest absolute Gasteiger partial charge is 0.163 e. The third kappa shape index (κ3) is 10.3. The highest BCUT2D eigenvalue weighted by Gasteiger charge is 2.31. The molecule has 0 aromatic carbocycles. The SMILES string of the molecule is CCCCCCCCCCCCCCC1COC(C)(C)O1. The topological polar surface area (TPSA) is 18.5 Å². The van der Waals surface area contributed by atoms with Gasteiger partial charge in [0, 0.05) is 0 Å². The van der Waals surface area contributed by atoms with Crippen molar-refractivity contribution in [2.45, 2.75) is 116 Å². The first-order chi connectivity index (χ1) is 10.1. The lowest BCUT2D eigenvalue weighted by Crippen LogP contribution is -2.21. The van der Waals surface area contributed by atoms with Crippen LogP contribution in [0.25, 0.3) is 0 Å². The molecule has 1 atom stereocenters. The van der Waals surface area contributed by atoms with Gasteiger partial charge in [0.1, 0.15) is 0 Å². The van der Waals surface area contributed by atoms with Gasteiger partial charge in [-0.3, -0.25) is 0 Å². The van der Waals surface area contributed by atoms with Crippen LogP contribution in [-0.4, -0.2) is 18.5 Å². The molecule has 1 aliphatic rings. The van der Waals surface area contributed by atoms with Gasteiger partial charge in [-0.25, -0.2) is 0 Å². The molecule has 0 N–H and O–H groups in total. The van der Waals surface area contributed by atoms with Gasteiger partial charge in [-0.2, -0.15) is 0 Å². The van der Waals surface area contributed by atoms with Gasteiger partial charge in [0.15, 0.2) is 5.79 Å². The van der Waals surface area contributed by atoms with E-state index in [-0.39, 0.29) is 5.79 Å². The quantitative estimate of drug-likeness (QED) is 0.375. The molecule has 0 aromatic rings. The van der Waals surface area contributed by atoms with Crippen molar-refractivity contribution in [1.82, 2.24) is 0 Å². The molecular weight excluding hydrogens is 260 g/mol. The number of ether oxygens (including phenoxy) is 2. The van der Waals surface area contributed by atoms with Crippen molar-refractivity contribution in [2.24, 2.45) is 0 Å². The average molecular weight is 299 g/mol. The van der Waals surface area contributed by atoms with Crippen molar-refractivity contribution < 1.29 is 9.47 Å². The highest BCUT2D eigenvalue weighted by atomic mass is 16.7. The molecule has 0 amide bonds. The summed E-state index contributed by atoms with van der Waals surface area (Å²) in [5.41, 5.74) is 0. The van der Waals surface area contributed by atoms with E-state index in [4.69, 9.17) is 9.47 Å². The van der Waals surface area contributed by atoms with Gasteiger partial charge in [0.2, 0.25) is 0 Å². The van der Waals surface area contributed by atoms with E-state index >= 15 is 0 Å². The molecule has 1 saturated heterocycles. The highest BCUT2D eigenvalue weighted by molar-refractivity contribution is 4.70. The number of unbranched alkanes of at least 4 members (excludes halogenated alkanes) is 11. The van der Waals surface area contributed by atoms with E-state index in [1.54, 1.807) is 0 Å². The van der Waals surface area contributed by atoms with Gasteiger partial charge in [-0.05, 0) is 20.3 Å². The molecule has 1 aliphatic heterocycles. The molecule has 2 heteroatoms. The maximum absolute atomic E-state index is 5.83. The summed E-state index contributed by atoms with van der Waals surface area (Å²) in [7, 11) is 0. The van der Waals surface area contributed by atoms with Crippen LogP contribution in [0, 0.1) is 0 Å². The van der Waals surface area contributed by atoms with Crippen molar-refractivity contribution in [3.05, 3.63) is 0 Å². The third-order valence-electron chi connectivity index (χ3n) is 4.45. The second-order valence-electron chi connectivity index (χ2n) is 7.13. The lowest BCUT2D eigenvalue weighted by molar-refractivity contribution is -0.139. The van der Waals surface area contributed by atoms with E-state index in [0.29, 0.717) is 6.10 Å². The van der Waals surface area contributed by atoms with Crippen LogP contribution in [0.3, 0.4) is 0 Å². The summed E-state index contributed by atoms with van der Waals surface area (Å²) in [6.45, 7) is 7.09. The Morgan fingerprint density at radius 1 is 0.762 bits per heavy atom. The van der Waals surface area contributed by atoms with Gasteiger partial charge in [-0.1, -0.05) is 84.0 Å². The summed E-state index contributed by atoms with van der Waals surface area (Å²) in [6.07, 6.45) is 18.4. The Hall–Kier alpha value is -0.0800. The second kappa shape index (κ2) is 11.5. The van der Waals surface area contributed by atoms with Crippen LogP contribution in [0.5, 0.6) is 0 Å². The van der Waals surface area contributed by atoms with Crippen molar-refractivity contribution in [1.29, 1.82) is 0 Å². The van der Waals surface area contributed by atoms with Crippen LogP contribution in [0.1, 0.15) is 104 Å². The summed E-state index contributed by atoms with van der Waals surface area (Å²) in [6, 6.07) is 0. The molecule has 0 bridgehead atoms. The van der Waals surface area contributed by atoms with Crippen molar-refractivity contribution in [2.75, 3.05) is 6.61 Å². The molecule has 0 aromatic heterocycles. The third-order valence-corrected chi connectivity index (χ3v) is 4.45. The molecule has 0 radical (unpaired) electrons. The van der Waals surface area contributed by atoms with Gasteiger partial charge in [0.05, 0.1) is 12.7 Å². The van der Waals surface area contributed by atoms with Crippen molar-refractivity contribution in [3.63, 3.8) is 0 Å². The zero-order chi connectivity index (χ0) is 15.4. The van der Waals surface area contributed by atoms with Gasteiger partial charge in [0.25, 0.3) is 0 Å². The van der Waals surface area contributed by atoms with Crippen LogP contribution in [0.2, 0.25) is 0 Å². The van der Waals surface area contributed by atoms with E-state index in [2.05, 4.69) is 6.92 Å². The Labute approximate surface area is 133 Å². The summed E-state index contributed by atoms with van der Waals surface area (Å²) < 4.78 is 11.4. The lowest BCUT2D eigenvalue weighted by Gasteiger charge is -2.16. The minimum atomic E-state index is -0.345. The van der Waals surface area contributed by atoms with Gasteiger partial charge in [-0.15, -0.1) is 0 Å². The molecule has 0 aliphatic carbocycles. The maximum atomic E-state index is 5.83. The Bertz CT molecular complexity index is 238. The zero-order valence-corrected chi connectivity index (χ0v) is 14.8. The number of hydrogen-bond donors (Lipinski definition) is 0. The van der Waals surface area contributed by atoms with Crippen LogP contribution in [-0.2, 0) is 9.47 Å². The van der Waals surface area contributed by atoms with Crippen LogP contribution in [0.4, 0.5) is 0 Å². The Morgan fingerprint density at radius 3 is 1.67 bits per heavy atom. The zero-order valence-electron chi connectivity index (χ0n) is 14.8. The molecule has 1 heterocycles. The molecule has 21 heavy (non-hydrogen) atoms. The second-order valence-corrected chi connectivity index (χ2v) is 7.13. The van der Waals surface area contributed by atoms with E-state index in [1.807, 2.05) is 13.8 Å². The minimum absolute atomic E-state index is 0.336. The van der Waals surface area contributed by atoms with E-state index in [1.165, 1.54) is 83.5 Å². The van der Waals surface area contributed by atoms with Crippen molar-refractivity contribution in [3.8, 4) is 0 Å². The van der Waals surface area contributed by atoms with Gasteiger partial charge < -0.3 is 9.47 Å². The van der Waals surface area contributed by atoms with Gasteiger partial charge >= 0.3 is 0 Å². The highest BCUT2D eigenvalue weighted by Crippen LogP contribution is 2.25. The number of hydrogen-bond acceptors (Lipinski definition) is 2. The molecule has 0 saturated carbocycles. The normalized spacial score (nSPS) is 21.0. The summed E-state index contributed by atoms with van der Waals surface area (Å²) >= 11 is 0. The first kappa shape index (κ1) is 19.0. The Kier molecular flexibility index (Phi) is 10.4. The van der Waals surface area contributed by atoms with Crippen LogP contribution >= 0.6 is 0 Å². The van der Waals surface area contributed by atoms with Crippen LogP contribution < -0.4 is 0 Å². The summed E-state index contributed by atoms with van der Waals surface area (Å²) in [5.74, 6) is -0.345. The molecule has 1 unspecified atom stereocenters. The standard InChI is InChI=1S/C19H38O2/c1-4-5-6-7-8-9-10-11-12-13-14-15-16-18-17-20-19(2,3)21-18/h18H,4-17H2,1-3H3. The Balaban J connectivity index is 1.75. The predicted octanol–water partition coefficient (Wildman–Crippen LogP) is 6.23. The summed E-state index contributed by atoms with van der Waals surface area (Å²) in [4.78, 5) is 0. The van der Waals surface area contributed by atoms with E-state index < -0.39 is 0 Å². The fraction of sp³-hybridized carbons (Fsp3) is 1.00. The monoisotopic (exact) mass is 298 g/mol. The van der Waals surface area contributed by atoms with E-state index in [0.717, 1.165) is 6.61 Å².